The number of carbonyl (C=O) groups is 4. The molecule has 1 aromatic heterocycles. The molecule has 2 fully saturated rings. The fourth-order valence-corrected chi connectivity index (χ4v) is 4.36. The van der Waals surface area contributed by atoms with E-state index in [0.717, 1.165) is 16.7 Å². The van der Waals surface area contributed by atoms with Crippen LogP contribution in [0.5, 0.6) is 0 Å². The molecular formula is C24H27N5O4. The second kappa shape index (κ2) is 9.81. The maximum Gasteiger partial charge on any atom is 0.322 e. The fraction of sp³-hybridized carbons (Fsp3) is 0.375. The van der Waals surface area contributed by atoms with Gasteiger partial charge < -0.3 is 15.1 Å². The standard InChI is InChI=1S/C24H27N5O4/c1-2-28-11-12-29(21(30)9-8-19-22(31)27-24(33)26-19)20(23(28)32)14-16-5-3-6-17(13-16)18-7-4-10-25-15-18/h3-7,10,13,15,19-20H,2,8-9,11-12,14H2,1H3,(H2,26,27,31,33)/t19-,20+/m1/s1. The highest BCUT2D eigenvalue weighted by Gasteiger charge is 2.37. The normalized spacial score (nSPS) is 20.6. The van der Waals surface area contributed by atoms with Crippen molar-refractivity contribution in [3.05, 3.63) is 54.4 Å². The van der Waals surface area contributed by atoms with Crippen LogP contribution in [0.15, 0.2) is 48.8 Å². The number of rotatable bonds is 7. The zero-order chi connectivity index (χ0) is 23.4. The Balaban J connectivity index is 1.50. The van der Waals surface area contributed by atoms with Crippen molar-refractivity contribution in [3.63, 3.8) is 0 Å². The summed E-state index contributed by atoms with van der Waals surface area (Å²) in [5, 5.41) is 4.68. The minimum Gasteiger partial charge on any atom is -0.339 e. The summed E-state index contributed by atoms with van der Waals surface area (Å²) in [5.41, 5.74) is 2.93. The maximum absolute atomic E-state index is 13.2. The molecular weight excluding hydrogens is 422 g/mol. The molecule has 4 rings (SSSR count). The quantitative estimate of drug-likeness (QED) is 0.620. The molecule has 0 radical (unpaired) electrons. The van der Waals surface area contributed by atoms with Crippen LogP contribution in [0.25, 0.3) is 11.1 Å². The molecule has 2 N–H and O–H groups in total. The summed E-state index contributed by atoms with van der Waals surface area (Å²) in [4.78, 5) is 56.9. The molecule has 1 aromatic carbocycles. The Morgan fingerprint density at radius 1 is 1.12 bits per heavy atom. The molecule has 3 heterocycles. The Morgan fingerprint density at radius 3 is 2.64 bits per heavy atom. The van der Waals surface area contributed by atoms with Crippen molar-refractivity contribution < 1.29 is 19.2 Å². The zero-order valence-electron chi connectivity index (χ0n) is 18.5. The maximum atomic E-state index is 13.2. The van der Waals surface area contributed by atoms with Gasteiger partial charge in [0.05, 0.1) is 0 Å². The van der Waals surface area contributed by atoms with Gasteiger partial charge in [0.1, 0.15) is 12.1 Å². The third-order valence-electron chi connectivity index (χ3n) is 6.14. The number of hydrogen-bond acceptors (Lipinski definition) is 5. The monoisotopic (exact) mass is 449 g/mol. The van der Waals surface area contributed by atoms with Gasteiger partial charge in [0.25, 0.3) is 5.91 Å². The van der Waals surface area contributed by atoms with E-state index in [0.29, 0.717) is 26.1 Å². The molecule has 9 heteroatoms. The first-order valence-corrected chi connectivity index (χ1v) is 11.1. The van der Waals surface area contributed by atoms with Crippen molar-refractivity contribution >= 4 is 23.8 Å². The topological polar surface area (TPSA) is 112 Å². The molecule has 2 aliphatic heterocycles. The van der Waals surface area contributed by atoms with Gasteiger partial charge in [-0.3, -0.25) is 24.7 Å². The molecule has 33 heavy (non-hydrogen) atoms. The van der Waals surface area contributed by atoms with Gasteiger partial charge in [0.2, 0.25) is 11.8 Å². The zero-order valence-corrected chi connectivity index (χ0v) is 18.5. The predicted octanol–water partition coefficient (Wildman–Crippen LogP) is 1.34. The van der Waals surface area contributed by atoms with Crippen LogP contribution in [-0.4, -0.2) is 70.3 Å². The molecule has 2 saturated heterocycles. The van der Waals surface area contributed by atoms with Crippen LogP contribution < -0.4 is 10.6 Å². The summed E-state index contributed by atoms with van der Waals surface area (Å²) >= 11 is 0. The number of amides is 5. The Hall–Kier alpha value is -3.75. The van der Waals surface area contributed by atoms with E-state index in [2.05, 4.69) is 15.6 Å². The first-order valence-electron chi connectivity index (χ1n) is 11.1. The highest BCUT2D eigenvalue weighted by atomic mass is 16.2. The molecule has 9 nitrogen and oxygen atoms in total. The molecule has 2 atom stereocenters. The SMILES string of the molecule is CCN1CCN(C(=O)CC[C@H]2NC(=O)NC2=O)[C@@H](Cc2cccc(-c3cccnc3)c2)C1=O. The molecule has 172 valence electrons. The lowest BCUT2D eigenvalue weighted by Gasteiger charge is -2.40. The average molecular weight is 450 g/mol. The number of benzene rings is 1. The van der Waals surface area contributed by atoms with Crippen LogP contribution in [0.3, 0.4) is 0 Å². The molecule has 2 aliphatic rings. The van der Waals surface area contributed by atoms with Gasteiger partial charge in [-0.05, 0) is 36.1 Å². The summed E-state index contributed by atoms with van der Waals surface area (Å²) in [6.45, 7) is 3.43. The fourth-order valence-electron chi connectivity index (χ4n) is 4.36. The minimum absolute atomic E-state index is 0.0733. The average Bonchev–Trinajstić information content (AvgIpc) is 3.16. The molecule has 2 aromatic rings. The van der Waals surface area contributed by atoms with Crippen LogP contribution in [0.4, 0.5) is 4.79 Å². The highest BCUT2D eigenvalue weighted by Crippen LogP contribution is 2.23. The van der Waals surface area contributed by atoms with Gasteiger partial charge in [0.15, 0.2) is 0 Å². The van der Waals surface area contributed by atoms with Gasteiger partial charge in [0, 0.05) is 44.9 Å². The second-order valence-corrected chi connectivity index (χ2v) is 8.22. The molecule has 0 unspecified atom stereocenters. The van der Waals surface area contributed by atoms with Crippen molar-refractivity contribution in [3.8, 4) is 11.1 Å². The van der Waals surface area contributed by atoms with Gasteiger partial charge in [-0.25, -0.2) is 4.79 Å². The third-order valence-corrected chi connectivity index (χ3v) is 6.14. The number of urea groups is 1. The summed E-state index contributed by atoms with van der Waals surface area (Å²) in [5.74, 6) is -0.694. The summed E-state index contributed by atoms with van der Waals surface area (Å²) < 4.78 is 0. The Bertz CT molecular complexity index is 1060. The lowest BCUT2D eigenvalue weighted by molar-refractivity contribution is -0.151. The molecule has 0 aliphatic carbocycles. The smallest absolute Gasteiger partial charge is 0.322 e. The number of hydrogen-bond donors (Lipinski definition) is 2. The summed E-state index contributed by atoms with van der Waals surface area (Å²) in [6.07, 6.45) is 4.18. The van der Waals surface area contributed by atoms with Gasteiger partial charge in [-0.2, -0.15) is 0 Å². The number of imide groups is 1. The first kappa shape index (κ1) is 22.4. The Labute approximate surface area is 192 Å². The second-order valence-electron chi connectivity index (χ2n) is 8.22. The molecule has 0 bridgehead atoms. The van der Waals surface area contributed by atoms with Crippen molar-refractivity contribution in [2.24, 2.45) is 0 Å². The number of carbonyl (C=O) groups excluding carboxylic acids is 4. The number of aromatic nitrogens is 1. The molecule has 5 amide bonds. The first-order chi connectivity index (χ1) is 16.0. The molecule has 0 saturated carbocycles. The largest absolute Gasteiger partial charge is 0.339 e. The van der Waals surface area contributed by atoms with E-state index < -0.39 is 24.0 Å². The van der Waals surface area contributed by atoms with Crippen LogP contribution >= 0.6 is 0 Å². The van der Waals surface area contributed by atoms with Crippen molar-refractivity contribution in [2.75, 3.05) is 19.6 Å². The Kier molecular flexibility index (Phi) is 6.67. The van der Waals surface area contributed by atoms with Crippen molar-refractivity contribution in [2.45, 2.75) is 38.3 Å². The number of pyridine rings is 1. The highest BCUT2D eigenvalue weighted by molar-refractivity contribution is 6.04. The van der Waals surface area contributed by atoms with E-state index in [4.69, 9.17) is 0 Å². The lowest BCUT2D eigenvalue weighted by Crippen LogP contribution is -2.59. The number of nitrogens with one attached hydrogen (secondary N) is 2. The van der Waals surface area contributed by atoms with E-state index >= 15 is 0 Å². The summed E-state index contributed by atoms with van der Waals surface area (Å²) in [7, 11) is 0. The number of likely N-dealkylation sites (N-methyl/N-ethyl adjacent to an activating group) is 1. The van der Waals surface area contributed by atoms with Crippen LogP contribution in [0.1, 0.15) is 25.3 Å². The van der Waals surface area contributed by atoms with E-state index in [9.17, 15) is 19.2 Å². The van der Waals surface area contributed by atoms with E-state index in [1.807, 2.05) is 43.3 Å². The van der Waals surface area contributed by atoms with Gasteiger partial charge in [-0.15, -0.1) is 0 Å². The van der Waals surface area contributed by atoms with Gasteiger partial charge >= 0.3 is 6.03 Å². The van der Waals surface area contributed by atoms with E-state index in [1.54, 1.807) is 22.2 Å². The predicted molar refractivity (Wildman–Crippen MR) is 121 cm³/mol. The van der Waals surface area contributed by atoms with E-state index in [-0.39, 0.29) is 24.7 Å². The van der Waals surface area contributed by atoms with Crippen LogP contribution in [-0.2, 0) is 20.8 Å². The van der Waals surface area contributed by atoms with Gasteiger partial charge in [-0.1, -0.05) is 30.3 Å². The Morgan fingerprint density at radius 2 is 1.94 bits per heavy atom. The van der Waals surface area contributed by atoms with Crippen LogP contribution in [0, 0.1) is 0 Å². The van der Waals surface area contributed by atoms with Crippen LogP contribution in [0.2, 0.25) is 0 Å². The van der Waals surface area contributed by atoms with Crippen molar-refractivity contribution in [1.82, 2.24) is 25.4 Å². The summed E-state index contributed by atoms with van der Waals surface area (Å²) in [6, 6.07) is 9.89. The molecule has 0 spiro atoms. The van der Waals surface area contributed by atoms with Crippen molar-refractivity contribution in [1.29, 1.82) is 0 Å². The number of piperazine rings is 1. The van der Waals surface area contributed by atoms with E-state index in [1.165, 1.54) is 0 Å². The third kappa shape index (κ3) is 5.02. The minimum atomic E-state index is -0.719. The number of nitrogens with zero attached hydrogens (tertiary/aromatic N) is 3. The lowest BCUT2D eigenvalue weighted by atomic mass is 9.97.